The zero-order valence-corrected chi connectivity index (χ0v) is 10.3. The van der Waals surface area contributed by atoms with Gasteiger partial charge in [-0.1, -0.05) is 11.6 Å². The number of halogens is 1. The summed E-state index contributed by atoms with van der Waals surface area (Å²) >= 11 is 5.73. The average molecular weight is 257 g/mol. The van der Waals surface area contributed by atoms with Crippen LogP contribution in [0, 0.1) is 0 Å². The summed E-state index contributed by atoms with van der Waals surface area (Å²) in [6, 6.07) is -0.514. The molecule has 7 heteroatoms. The van der Waals surface area contributed by atoms with Crippen LogP contribution in [-0.2, 0) is 4.79 Å². The molecule has 6 nitrogen and oxygen atoms in total. The second-order valence-corrected chi connectivity index (χ2v) is 3.66. The number of amides is 1. The SMILES string of the molecule is CCNC(=O)C(C)Nc1ncnc(Cl)c1C=O. The van der Waals surface area contributed by atoms with E-state index in [1.807, 2.05) is 6.92 Å². The van der Waals surface area contributed by atoms with Gasteiger partial charge in [0, 0.05) is 6.54 Å². The second kappa shape index (κ2) is 6.15. The van der Waals surface area contributed by atoms with Crippen LogP contribution < -0.4 is 10.6 Å². The maximum Gasteiger partial charge on any atom is 0.242 e. The molecular weight excluding hydrogens is 244 g/mol. The van der Waals surface area contributed by atoms with Crippen molar-refractivity contribution in [2.45, 2.75) is 19.9 Å². The minimum absolute atomic E-state index is 0.0561. The Kier molecular flexibility index (Phi) is 4.84. The Bertz CT molecular complexity index is 425. The highest BCUT2D eigenvalue weighted by Gasteiger charge is 2.15. The molecule has 0 aliphatic rings. The molecule has 0 saturated heterocycles. The molecule has 1 aromatic heterocycles. The number of carbonyl (C=O) groups excluding carboxylic acids is 2. The van der Waals surface area contributed by atoms with Crippen molar-refractivity contribution in [2.75, 3.05) is 11.9 Å². The summed E-state index contributed by atoms with van der Waals surface area (Å²) in [6.45, 7) is 4.02. The lowest BCUT2D eigenvalue weighted by atomic mass is 10.2. The molecular formula is C10H13ClN4O2. The van der Waals surface area contributed by atoms with Gasteiger partial charge in [-0.3, -0.25) is 9.59 Å². The Labute approximate surface area is 104 Å². The van der Waals surface area contributed by atoms with E-state index in [4.69, 9.17) is 11.6 Å². The third kappa shape index (κ3) is 3.39. The van der Waals surface area contributed by atoms with E-state index < -0.39 is 6.04 Å². The first-order chi connectivity index (χ1) is 8.10. The lowest BCUT2D eigenvalue weighted by Gasteiger charge is -2.14. The topological polar surface area (TPSA) is 84.0 Å². The molecule has 0 aromatic carbocycles. The Morgan fingerprint density at radius 2 is 2.29 bits per heavy atom. The van der Waals surface area contributed by atoms with E-state index in [1.54, 1.807) is 6.92 Å². The van der Waals surface area contributed by atoms with Gasteiger partial charge in [0.25, 0.3) is 0 Å². The second-order valence-electron chi connectivity index (χ2n) is 3.31. The minimum Gasteiger partial charge on any atom is -0.358 e. The summed E-state index contributed by atoms with van der Waals surface area (Å²) < 4.78 is 0. The van der Waals surface area contributed by atoms with Crippen molar-refractivity contribution >= 4 is 29.6 Å². The van der Waals surface area contributed by atoms with Gasteiger partial charge in [-0.15, -0.1) is 0 Å². The number of hydrogen-bond donors (Lipinski definition) is 2. The molecule has 1 rings (SSSR count). The van der Waals surface area contributed by atoms with Crippen molar-refractivity contribution in [3.05, 3.63) is 17.0 Å². The number of likely N-dealkylation sites (N-methyl/N-ethyl adjacent to an activating group) is 1. The Balaban J connectivity index is 2.84. The number of nitrogens with one attached hydrogen (secondary N) is 2. The van der Waals surface area contributed by atoms with Crippen LogP contribution in [0.4, 0.5) is 5.82 Å². The van der Waals surface area contributed by atoms with E-state index in [2.05, 4.69) is 20.6 Å². The molecule has 92 valence electrons. The fraction of sp³-hybridized carbons (Fsp3) is 0.400. The first kappa shape index (κ1) is 13.4. The van der Waals surface area contributed by atoms with E-state index in [0.717, 1.165) is 0 Å². The number of rotatable bonds is 5. The molecule has 1 unspecified atom stereocenters. The molecule has 17 heavy (non-hydrogen) atoms. The molecule has 2 N–H and O–H groups in total. The van der Waals surface area contributed by atoms with E-state index >= 15 is 0 Å². The smallest absolute Gasteiger partial charge is 0.242 e. The average Bonchev–Trinajstić information content (AvgIpc) is 2.29. The van der Waals surface area contributed by atoms with Gasteiger partial charge in [-0.05, 0) is 13.8 Å². The molecule has 0 fully saturated rings. The van der Waals surface area contributed by atoms with Crippen molar-refractivity contribution in [1.29, 1.82) is 0 Å². The predicted octanol–water partition coefficient (Wildman–Crippen LogP) is 0.879. The third-order valence-corrected chi connectivity index (χ3v) is 2.35. The molecule has 0 spiro atoms. The van der Waals surface area contributed by atoms with Gasteiger partial charge in [-0.2, -0.15) is 0 Å². The van der Waals surface area contributed by atoms with Crippen LogP contribution in [0.1, 0.15) is 24.2 Å². The van der Waals surface area contributed by atoms with Gasteiger partial charge in [-0.25, -0.2) is 9.97 Å². The molecule has 0 saturated carbocycles. The zero-order valence-electron chi connectivity index (χ0n) is 9.53. The molecule has 0 bridgehead atoms. The Morgan fingerprint density at radius 1 is 1.59 bits per heavy atom. The largest absolute Gasteiger partial charge is 0.358 e. The maximum absolute atomic E-state index is 11.5. The number of hydrogen-bond acceptors (Lipinski definition) is 5. The molecule has 0 radical (unpaired) electrons. The number of aldehydes is 1. The lowest BCUT2D eigenvalue weighted by molar-refractivity contribution is -0.121. The van der Waals surface area contributed by atoms with Gasteiger partial charge in [0.2, 0.25) is 5.91 Å². The van der Waals surface area contributed by atoms with E-state index in [9.17, 15) is 9.59 Å². The molecule has 0 aliphatic carbocycles. The standard InChI is InChI=1S/C10H13ClN4O2/c1-3-12-10(17)6(2)15-9-7(4-16)8(11)13-5-14-9/h4-6H,3H2,1-2H3,(H,12,17)(H,13,14,15). The van der Waals surface area contributed by atoms with Crippen molar-refractivity contribution in [3.63, 3.8) is 0 Å². The highest BCUT2D eigenvalue weighted by atomic mass is 35.5. The molecule has 1 aromatic rings. The summed E-state index contributed by atoms with van der Waals surface area (Å²) in [7, 11) is 0. The van der Waals surface area contributed by atoms with Crippen LogP contribution >= 0.6 is 11.6 Å². The number of aromatic nitrogens is 2. The van der Waals surface area contributed by atoms with E-state index in [0.29, 0.717) is 12.8 Å². The number of carbonyl (C=O) groups is 2. The summed E-state index contributed by atoms with van der Waals surface area (Å²) in [5.74, 6) is 0.0674. The Morgan fingerprint density at radius 3 is 2.88 bits per heavy atom. The minimum atomic E-state index is -0.514. The highest BCUT2D eigenvalue weighted by molar-refractivity contribution is 6.32. The van der Waals surface area contributed by atoms with Crippen molar-refractivity contribution in [3.8, 4) is 0 Å². The quantitative estimate of drug-likeness (QED) is 0.604. The van der Waals surface area contributed by atoms with Gasteiger partial charge >= 0.3 is 0 Å². The summed E-state index contributed by atoms with van der Waals surface area (Å²) in [5, 5.41) is 5.52. The number of nitrogens with zero attached hydrogens (tertiary/aromatic N) is 2. The molecule has 1 heterocycles. The van der Waals surface area contributed by atoms with Crippen LogP contribution in [0.3, 0.4) is 0 Å². The molecule has 1 amide bonds. The van der Waals surface area contributed by atoms with Crippen molar-refractivity contribution in [1.82, 2.24) is 15.3 Å². The van der Waals surface area contributed by atoms with Crippen LogP contribution in [0.15, 0.2) is 6.33 Å². The van der Waals surface area contributed by atoms with E-state index in [-0.39, 0.29) is 22.4 Å². The third-order valence-electron chi connectivity index (χ3n) is 2.05. The van der Waals surface area contributed by atoms with Crippen LogP contribution in [0.25, 0.3) is 0 Å². The fourth-order valence-corrected chi connectivity index (χ4v) is 1.37. The van der Waals surface area contributed by atoms with Gasteiger partial charge in [0.15, 0.2) is 6.29 Å². The highest BCUT2D eigenvalue weighted by Crippen LogP contribution is 2.17. The monoisotopic (exact) mass is 256 g/mol. The van der Waals surface area contributed by atoms with Gasteiger partial charge < -0.3 is 10.6 Å². The molecule has 1 atom stereocenters. The fourth-order valence-electron chi connectivity index (χ4n) is 1.19. The van der Waals surface area contributed by atoms with Crippen LogP contribution in [0.5, 0.6) is 0 Å². The summed E-state index contributed by atoms with van der Waals surface area (Å²) in [5.41, 5.74) is 0.144. The molecule has 0 aliphatic heterocycles. The predicted molar refractivity (Wildman–Crippen MR) is 64.2 cm³/mol. The van der Waals surface area contributed by atoms with Crippen LogP contribution in [-0.4, -0.2) is 34.7 Å². The first-order valence-electron chi connectivity index (χ1n) is 5.10. The normalized spacial score (nSPS) is 11.7. The van der Waals surface area contributed by atoms with E-state index in [1.165, 1.54) is 6.33 Å². The van der Waals surface area contributed by atoms with Crippen molar-refractivity contribution in [2.24, 2.45) is 0 Å². The van der Waals surface area contributed by atoms with Crippen molar-refractivity contribution < 1.29 is 9.59 Å². The number of anilines is 1. The maximum atomic E-state index is 11.5. The lowest BCUT2D eigenvalue weighted by Crippen LogP contribution is -2.37. The summed E-state index contributed by atoms with van der Waals surface area (Å²) in [4.78, 5) is 29.9. The summed E-state index contributed by atoms with van der Waals surface area (Å²) in [6.07, 6.45) is 1.78. The first-order valence-corrected chi connectivity index (χ1v) is 5.47. The zero-order chi connectivity index (χ0) is 12.8. The Hall–Kier alpha value is -1.69. The van der Waals surface area contributed by atoms with Crippen LogP contribution in [0.2, 0.25) is 5.15 Å². The van der Waals surface area contributed by atoms with Gasteiger partial charge in [0.05, 0.1) is 5.56 Å². The van der Waals surface area contributed by atoms with Gasteiger partial charge in [0.1, 0.15) is 23.3 Å².